The van der Waals surface area contributed by atoms with Crippen molar-refractivity contribution in [2.24, 2.45) is 5.92 Å². The third-order valence-electron chi connectivity index (χ3n) is 4.44. The first-order valence-electron chi connectivity index (χ1n) is 7.90. The van der Waals surface area contributed by atoms with Crippen molar-refractivity contribution in [3.63, 3.8) is 0 Å². The van der Waals surface area contributed by atoms with Gasteiger partial charge in [0.25, 0.3) is 0 Å². The van der Waals surface area contributed by atoms with Crippen LogP contribution in [0.2, 0.25) is 11.6 Å². The Hall–Kier alpha value is -1.49. The van der Waals surface area contributed by atoms with Gasteiger partial charge in [-0.1, -0.05) is 17.9 Å². The van der Waals surface area contributed by atoms with E-state index < -0.39 is 0 Å². The molecule has 0 spiro atoms. The minimum absolute atomic E-state index is 0.362. The SMILES string of the molecule is CNCCC1CCC(=O)C2[B]C12.COc1ccccc1OC. The fourth-order valence-corrected chi connectivity index (χ4v) is 3.09. The minimum Gasteiger partial charge on any atom is -0.493 e. The number of hydrogen-bond acceptors (Lipinski definition) is 4. The molecule has 1 aliphatic heterocycles. The molecular weight excluding hydrogens is 277 g/mol. The highest BCUT2D eigenvalue weighted by Crippen LogP contribution is 2.54. The maximum Gasteiger partial charge on any atom is 0.160 e. The van der Waals surface area contributed by atoms with Gasteiger partial charge in [0.15, 0.2) is 11.5 Å². The Bertz CT molecular complexity index is 472. The molecule has 0 aromatic heterocycles. The molecule has 1 saturated carbocycles. The lowest BCUT2D eigenvalue weighted by atomic mass is 9.84. The molecule has 2 aliphatic rings. The molecule has 0 bridgehead atoms. The maximum atomic E-state index is 11.2. The molecule has 0 amide bonds. The second-order valence-electron chi connectivity index (χ2n) is 5.81. The van der Waals surface area contributed by atoms with Gasteiger partial charge in [0.1, 0.15) is 13.1 Å². The molecule has 1 aromatic rings. The summed E-state index contributed by atoms with van der Waals surface area (Å²) in [6, 6.07) is 7.53. The van der Waals surface area contributed by atoms with Crippen LogP contribution < -0.4 is 14.8 Å². The Labute approximate surface area is 133 Å². The molecule has 3 rings (SSSR count). The number of nitrogens with one attached hydrogen (secondary N) is 1. The molecule has 4 nitrogen and oxygen atoms in total. The number of carbonyl (C=O) groups is 1. The summed E-state index contributed by atoms with van der Waals surface area (Å²) in [4.78, 5) is 11.2. The number of para-hydroxylation sites is 2. The van der Waals surface area contributed by atoms with Crippen molar-refractivity contribution in [2.75, 3.05) is 27.8 Å². The van der Waals surface area contributed by atoms with Crippen LogP contribution in [0.25, 0.3) is 0 Å². The number of carbonyl (C=O) groups excluding carboxylic acids is 1. The summed E-state index contributed by atoms with van der Waals surface area (Å²) in [5.74, 6) is 3.83. The molecule has 2 fully saturated rings. The van der Waals surface area contributed by atoms with Crippen molar-refractivity contribution in [3.05, 3.63) is 24.3 Å². The monoisotopic (exact) mass is 302 g/mol. The lowest BCUT2D eigenvalue weighted by Crippen LogP contribution is -2.17. The average Bonchev–Trinajstić information content (AvgIpc) is 3.36. The normalized spacial score (nSPS) is 25.2. The van der Waals surface area contributed by atoms with Crippen LogP contribution in [0.5, 0.6) is 11.5 Å². The van der Waals surface area contributed by atoms with Crippen LogP contribution in [0.1, 0.15) is 19.3 Å². The zero-order valence-electron chi connectivity index (χ0n) is 13.7. The largest absolute Gasteiger partial charge is 0.493 e. The summed E-state index contributed by atoms with van der Waals surface area (Å²) < 4.78 is 10.0. The van der Waals surface area contributed by atoms with Gasteiger partial charge in [-0.15, -0.1) is 0 Å². The molecule has 22 heavy (non-hydrogen) atoms. The van der Waals surface area contributed by atoms with E-state index in [0.717, 1.165) is 36.8 Å². The second-order valence-corrected chi connectivity index (χ2v) is 5.81. The molecule has 1 heterocycles. The number of fused-ring (bicyclic) bond motifs is 1. The predicted molar refractivity (Wildman–Crippen MR) is 89.1 cm³/mol. The van der Waals surface area contributed by atoms with Crippen molar-refractivity contribution in [1.82, 2.24) is 5.32 Å². The van der Waals surface area contributed by atoms with Crippen molar-refractivity contribution in [3.8, 4) is 11.5 Å². The fraction of sp³-hybridized carbons (Fsp3) is 0.588. The van der Waals surface area contributed by atoms with Crippen molar-refractivity contribution in [2.45, 2.75) is 30.9 Å². The van der Waals surface area contributed by atoms with Crippen LogP contribution in [-0.4, -0.2) is 40.9 Å². The number of ether oxygens (including phenoxy) is 2. The zero-order chi connectivity index (χ0) is 15.9. The maximum absolute atomic E-state index is 11.2. The van der Waals surface area contributed by atoms with Gasteiger partial charge in [0.2, 0.25) is 0 Å². The highest BCUT2D eigenvalue weighted by Gasteiger charge is 2.50. The summed E-state index contributed by atoms with van der Waals surface area (Å²) in [5, 5.41) is 3.17. The van der Waals surface area contributed by atoms with E-state index in [-0.39, 0.29) is 0 Å². The van der Waals surface area contributed by atoms with E-state index in [9.17, 15) is 4.79 Å². The first kappa shape index (κ1) is 16.9. The third-order valence-corrected chi connectivity index (χ3v) is 4.44. The number of benzene rings is 1. The van der Waals surface area contributed by atoms with E-state index in [2.05, 4.69) is 12.6 Å². The number of ketones is 1. The first-order chi connectivity index (χ1) is 10.7. The van der Waals surface area contributed by atoms with Gasteiger partial charge in [-0.3, -0.25) is 0 Å². The molecule has 3 unspecified atom stereocenters. The van der Waals surface area contributed by atoms with Crippen LogP contribution in [0.4, 0.5) is 0 Å². The third kappa shape index (κ3) is 4.26. The molecule has 1 aliphatic carbocycles. The highest BCUT2D eigenvalue weighted by molar-refractivity contribution is 6.61. The molecule has 1 N–H and O–H groups in total. The van der Waals surface area contributed by atoms with Gasteiger partial charge in [-0.25, -0.2) is 0 Å². The van der Waals surface area contributed by atoms with Gasteiger partial charge >= 0.3 is 0 Å². The standard InChI is InChI=1S/C9H15BNO.C8H10O2/c1-11-5-4-6-2-3-7(12)9-8(6)10-9;1-9-7-5-3-4-6-8(7)10-2/h6,8-9,11H,2-5H2,1H3;3-6H,1-2H3. The Morgan fingerprint density at radius 2 is 1.86 bits per heavy atom. The molecule has 119 valence electrons. The molecular formula is C17H25BNO3. The Balaban J connectivity index is 0.000000164. The lowest BCUT2D eigenvalue weighted by molar-refractivity contribution is -0.119. The Morgan fingerprint density at radius 3 is 2.41 bits per heavy atom. The van der Waals surface area contributed by atoms with E-state index in [0.29, 0.717) is 17.4 Å². The number of Topliss-reactive ketones (excluding diaryl/α,β-unsaturated/α-hetero) is 1. The van der Waals surface area contributed by atoms with Crippen LogP contribution >= 0.6 is 0 Å². The molecule has 1 radical (unpaired) electrons. The van der Waals surface area contributed by atoms with Crippen molar-refractivity contribution < 1.29 is 14.3 Å². The molecule has 1 saturated heterocycles. The van der Waals surface area contributed by atoms with Crippen LogP contribution in [0.3, 0.4) is 0 Å². The smallest absolute Gasteiger partial charge is 0.160 e. The Kier molecular flexibility index (Phi) is 6.31. The summed E-state index contributed by atoms with van der Waals surface area (Å²) in [7, 11) is 7.47. The quantitative estimate of drug-likeness (QED) is 0.849. The fourth-order valence-electron chi connectivity index (χ4n) is 3.09. The van der Waals surface area contributed by atoms with Gasteiger partial charge in [0.05, 0.1) is 14.2 Å². The minimum atomic E-state index is 0.362. The van der Waals surface area contributed by atoms with Crippen LogP contribution in [0, 0.1) is 5.92 Å². The van der Waals surface area contributed by atoms with Gasteiger partial charge in [0, 0.05) is 6.42 Å². The number of hydrogen-bond donors (Lipinski definition) is 1. The lowest BCUT2D eigenvalue weighted by Gasteiger charge is -2.21. The first-order valence-corrected chi connectivity index (χ1v) is 7.90. The summed E-state index contributed by atoms with van der Waals surface area (Å²) in [6.07, 6.45) is 3.19. The van der Waals surface area contributed by atoms with Crippen molar-refractivity contribution >= 4 is 13.1 Å². The van der Waals surface area contributed by atoms with Crippen LogP contribution in [-0.2, 0) is 4.79 Å². The Morgan fingerprint density at radius 1 is 1.23 bits per heavy atom. The van der Waals surface area contributed by atoms with E-state index >= 15 is 0 Å². The van der Waals surface area contributed by atoms with E-state index in [1.807, 2.05) is 31.3 Å². The molecule has 5 heteroatoms. The second kappa shape index (κ2) is 8.23. The van der Waals surface area contributed by atoms with E-state index in [1.165, 1.54) is 6.42 Å². The van der Waals surface area contributed by atoms with Gasteiger partial charge in [-0.05, 0) is 50.3 Å². The molecule has 1 aromatic carbocycles. The topological polar surface area (TPSA) is 47.6 Å². The summed E-state index contributed by atoms with van der Waals surface area (Å²) in [5.41, 5.74) is 0. The predicted octanol–water partition coefficient (Wildman–Crippen LogP) is 2.57. The summed E-state index contributed by atoms with van der Waals surface area (Å²) in [6.45, 7) is 1.09. The molecule has 3 atom stereocenters. The zero-order valence-corrected chi connectivity index (χ0v) is 13.7. The van der Waals surface area contributed by atoms with Crippen molar-refractivity contribution in [1.29, 1.82) is 0 Å². The highest BCUT2D eigenvalue weighted by atomic mass is 16.5. The van der Waals surface area contributed by atoms with E-state index in [4.69, 9.17) is 9.47 Å². The van der Waals surface area contributed by atoms with E-state index in [1.54, 1.807) is 14.2 Å². The van der Waals surface area contributed by atoms with Gasteiger partial charge in [-0.2, -0.15) is 0 Å². The van der Waals surface area contributed by atoms with Gasteiger partial charge < -0.3 is 19.6 Å². The van der Waals surface area contributed by atoms with Crippen LogP contribution in [0.15, 0.2) is 24.3 Å². The number of methoxy groups -OCH3 is 2. The number of rotatable bonds is 5. The summed E-state index contributed by atoms with van der Waals surface area (Å²) >= 11 is 0. The average molecular weight is 302 g/mol.